The number of carbonyl (C=O) groups is 1. The molecule has 6 nitrogen and oxygen atoms in total. The van der Waals surface area contributed by atoms with Crippen LogP contribution in [0.25, 0.3) is 11.6 Å². The highest BCUT2D eigenvalue weighted by molar-refractivity contribution is 7.99. The van der Waals surface area contributed by atoms with E-state index in [-0.39, 0.29) is 23.5 Å². The van der Waals surface area contributed by atoms with Crippen LogP contribution in [0, 0.1) is 12.7 Å². The average molecular weight is 374 g/mol. The first-order valence-electron chi connectivity index (χ1n) is 8.13. The highest BCUT2D eigenvalue weighted by Gasteiger charge is 2.19. The summed E-state index contributed by atoms with van der Waals surface area (Å²) >= 11 is 1.27. The van der Waals surface area contributed by atoms with E-state index in [1.54, 1.807) is 18.4 Å². The molecule has 0 saturated carbocycles. The predicted molar refractivity (Wildman–Crippen MR) is 98.6 cm³/mol. The van der Waals surface area contributed by atoms with Crippen LogP contribution in [0.2, 0.25) is 0 Å². The highest BCUT2D eigenvalue weighted by Crippen LogP contribution is 2.28. The van der Waals surface area contributed by atoms with Gasteiger partial charge in [-0.05, 0) is 50.6 Å². The molecule has 0 saturated heterocycles. The summed E-state index contributed by atoms with van der Waals surface area (Å²) in [6.07, 6.45) is 1.58. The highest BCUT2D eigenvalue weighted by atomic mass is 32.2. The molecular formula is C18H19FN4O2S. The Morgan fingerprint density at radius 1 is 1.35 bits per heavy atom. The van der Waals surface area contributed by atoms with Gasteiger partial charge in [-0.1, -0.05) is 17.8 Å². The van der Waals surface area contributed by atoms with E-state index in [0.29, 0.717) is 22.4 Å². The van der Waals surface area contributed by atoms with Crippen LogP contribution in [-0.4, -0.2) is 26.4 Å². The van der Waals surface area contributed by atoms with Crippen LogP contribution in [-0.2, 0) is 4.79 Å². The van der Waals surface area contributed by atoms with Gasteiger partial charge in [0, 0.05) is 11.7 Å². The van der Waals surface area contributed by atoms with Crippen molar-refractivity contribution < 1.29 is 13.6 Å². The molecule has 0 atom stereocenters. The molecule has 1 aromatic carbocycles. The van der Waals surface area contributed by atoms with Gasteiger partial charge in [-0.25, -0.2) is 4.39 Å². The molecule has 136 valence electrons. The molecule has 0 fully saturated rings. The van der Waals surface area contributed by atoms with E-state index in [9.17, 15) is 9.18 Å². The van der Waals surface area contributed by atoms with E-state index in [4.69, 9.17) is 4.42 Å². The smallest absolute Gasteiger partial charge is 0.234 e. The van der Waals surface area contributed by atoms with Crippen molar-refractivity contribution >= 4 is 23.4 Å². The second-order valence-corrected chi connectivity index (χ2v) is 6.99. The predicted octanol–water partition coefficient (Wildman–Crippen LogP) is 4.30. The fourth-order valence-electron chi connectivity index (χ4n) is 2.46. The largest absolute Gasteiger partial charge is 0.461 e. The van der Waals surface area contributed by atoms with E-state index >= 15 is 0 Å². The van der Waals surface area contributed by atoms with Gasteiger partial charge in [0.05, 0.1) is 12.0 Å². The summed E-state index contributed by atoms with van der Waals surface area (Å²) < 4.78 is 20.7. The van der Waals surface area contributed by atoms with Gasteiger partial charge in [-0.2, -0.15) is 0 Å². The lowest BCUT2D eigenvalue weighted by Crippen LogP contribution is -2.16. The topological polar surface area (TPSA) is 73.0 Å². The zero-order chi connectivity index (χ0) is 18.7. The van der Waals surface area contributed by atoms with E-state index in [1.165, 1.54) is 23.9 Å². The summed E-state index contributed by atoms with van der Waals surface area (Å²) in [6.45, 7) is 5.83. The van der Waals surface area contributed by atoms with Crippen molar-refractivity contribution in [2.24, 2.45) is 0 Å². The number of aromatic nitrogens is 3. The molecule has 3 aromatic rings. The van der Waals surface area contributed by atoms with Crippen molar-refractivity contribution in [2.45, 2.75) is 32.0 Å². The van der Waals surface area contributed by atoms with Gasteiger partial charge in [-0.3, -0.25) is 9.36 Å². The minimum absolute atomic E-state index is 0.0983. The third-order valence-electron chi connectivity index (χ3n) is 3.73. The maximum atomic E-state index is 13.3. The second-order valence-electron chi connectivity index (χ2n) is 6.04. The van der Waals surface area contributed by atoms with E-state index in [1.807, 2.05) is 31.4 Å². The first kappa shape index (κ1) is 18.2. The molecule has 0 radical (unpaired) electrons. The summed E-state index contributed by atoms with van der Waals surface area (Å²) in [5.41, 5.74) is 1.27. The Morgan fingerprint density at radius 2 is 2.15 bits per heavy atom. The number of benzene rings is 1. The van der Waals surface area contributed by atoms with Gasteiger partial charge in [0.1, 0.15) is 5.82 Å². The Labute approximate surface area is 154 Å². The number of rotatable bonds is 6. The summed E-state index contributed by atoms with van der Waals surface area (Å²) in [5, 5.41) is 11.7. The molecule has 0 bridgehead atoms. The van der Waals surface area contributed by atoms with Crippen LogP contribution >= 0.6 is 11.8 Å². The van der Waals surface area contributed by atoms with Gasteiger partial charge in [0.25, 0.3) is 0 Å². The molecule has 2 heterocycles. The van der Waals surface area contributed by atoms with Gasteiger partial charge in [-0.15, -0.1) is 10.2 Å². The summed E-state index contributed by atoms with van der Waals surface area (Å²) in [7, 11) is 0. The third kappa shape index (κ3) is 3.96. The average Bonchev–Trinajstić information content (AvgIpc) is 3.25. The monoisotopic (exact) mass is 374 g/mol. The van der Waals surface area contributed by atoms with Crippen LogP contribution in [0.3, 0.4) is 0 Å². The third-order valence-corrected chi connectivity index (χ3v) is 4.67. The standard InChI is InChI=1S/C18H19FN4O2S/c1-11(2)23-17(15-5-4-8-25-15)21-22-18(23)26-10-16(24)20-14-9-13(19)7-6-12(14)3/h4-9,11H,10H2,1-3H3,(H,20,24). The number of amides is 1. The van der Waals surface area contributed by atoms with Crippen molar-refractivity contribution in [1.82, 2.24) is 14.8 Å². The molecule has 2 aromatic heterocycles. The fraction of sp³-hybridized carbons (Fsp3) is 0.278. The lowest BCUT2D eigenvalue weighted by molar-refractivity contribution is -0.113. The Kier molecular flexibility index (Phi) is 5.41. The number of hydrogen-bond donors (Lipinski definition) is 1. The molecular weight excluding hydrogens is 355 g/mol. The molecule has 1 amide bonds. The van der Waals surface area contributed by atoms with Gasteiger partial charge < -0.3 is 9.73 Å². The molecule has 0 spiro atoms. The SMILES string of the molecule is Cc1ccc(F)cc1NC(=O)CSc1nnc(-c2ccco2)n1C(C)C. The number of thioether (sulfide) groups is 1. The number of halogens is 1. The fourth-order valence-corrected chi connectivity index (χ4v) is 3.33. The first-order chi connectivity index (χ1) is 12.5. The number of anilines is 1. The van der Waals surface area contributed by atoms with Crippen LogP contribution in [0.5, 0.6) is 0 Å². The Bertz CT molecular complexity index is 906. The molecule has 0 unspecified atom stereocenters. The number of hydrogen-bond acceptors (Lipinski definition) is 5. The molecule has 0 aliphatic heterocycles. The lowest BCUT2D eigenvalue weighted by Gasteiger charge is -2.13. The molecule has 0 aliphatic carbocycles. The normalized spacial score (nSPS) is 11.1. The van der Waals surface area contributed by atoms with Crippen LogP contribution in [0.4, 0.5) is 10.1 Å². The van der Waals surface area contributed by atoms with Crippen molar-refractivity contribution in [3.8, 4) is 11.6 Å². The molecule has 3 rings (SSSR count). The van der Waals surface area contributed by atoms with Gasteiger partial charge >= 0.3 is 0 Å². The number of carbonyl (C=O) groups excluding carboxylic acids is 1. The van der Waals surface area contributed by atoms with Crippen molar-refractivity contribution in [2.75, 3.05) is 11.1 Å². The Hall–Kier alpha value is -2.61. The minimum atomic E-state index is -0.388. The summed E-state index contributed by atoms with van der Waals surface area (Å²) in [5.74, 6) is 0.758. The summed E-state index contributed by atoms with van der Waals surface area (Å²) in [4.78, 5) is 12.2. The quantitative estimate of drug-likeness (QED) is 0.651. The van der Waals surface area contributed by atoms with Gasteiger partial charge in [0.15, 0.2) is 10.9 Å². The first-order valence-corrected chi connectivity index (χ1v) is 9.12. The van der Waals surface area contributed by atoms with Crippen LogP contribution in [0.15, 0.2) is 46.2 Å². The number of aryl methyl sites for hydroxylation is 1. The van der Waals surface area contributed by atoms with E-state index in [0.717, 1.165) is 5.56 Å². The second kappa shape index (κ2) is 7.74. The Morgan fingerprint density at radius 3 is 2.85 bits per heavy atom. The van der Waals surface area contributed by atoms with Crippen molar-refractivity contribution in [3.63, 3.8) is 0 Å². The zero-order valence-electron chi connectivity index (χ0n) is 14.7. The zero-order valence-corrected chi connectivity index (χ0v) is 15.5. The number of furan rings is 1. The molecule has 1 N–H and O–H groups in total. The molecule has 8 heteroatoms. The number of nitrogens with zero attached hydrogens (tertiary/aromatic N) is 3. The molecule has 26 heavy (non-hydrogen) atoms. The lowest BCUT2D eigenvalue weighted by atomic mass is 10.2. The van der Waals surface area contributed by atoms with E-state index in [2.05, 4.69) is 15.5 Å². The van der Waals surface area contributed by atoms with Crippen molar-refractivity contribution in [1.29, 1.82) is 0 Å². The van der Waals surface area contributed by atoms with Crippen LogP contribution < -0.4 is 5.32 Å². The van der Waals surface area contributed by atoms with Crippen molar-refractivity contribution in [3.05, 3.63) is 48.0 Å². The van der Waals surface area contributed by atoms with Crippen LogP contribution in [0.1, 0.15) is 25.5 Å². The van der Waals surface area contributed by atoms with E-state index < -0.39 is 0 Å². The minimum Gasteiger partial charge on any atom is -0.461 e. The van der Waals surface area contributed by atoms with Gasteiger partial charge in [0.2, 0.25) is 11.7 Å². The summed E-state index contributed by atoms with van der Waals surface area (Å²) in [6, 6.07) is 8.00. The maximum absolute atomic E-state index is 13.3. The molecule has 0 aliphatic rings. The Balaban J connectivity index is 1.71. The number of nitrogens with one attached hydrogen (secondary N) is 1. The maximum Gasteiger partial charge on any atom is 0.234 e.